The van der Waals surface area contributed by atoms with Crippen molar-refractivity contribution in [3.63, 3.8) is 0 Å². The van der Waals surface area contributed by atoms with Gasteiger partial charge in [-0.2, -0.15) is 0 Å². The molecular weight excluding hydrogens is 300 g/mol. The molecule has 0 aromatic heterocycles. The van der Waals surface area contributed by atoms with Gasteiger partial charge in [0.1, 0.15) is 0 Å². The van der Waals surface area contributed by atoms with Crippen molar-refractivity contribution in [3.8, 4) is 17.2 Å². The Bertz CT molecular complexity index is 551. The van der Waals surface area contributed by atoms with Crippen LogP contribution in [0.5, 0.6) is 17.2 Å². The van der Waals surface area contributed by atoms with Gasteiger partial charge >= 0.3 is 0 Å². The Morgan fingerprint density at radius 2 is 1.87 bits per heavy atom. The van der Waals surface area contributed by atoms with Gasteiger partial charge in [-0.3, -0.25) is 9.59 Å². The summed E-state index contributed by atoms with van der Waals surface area (Å²) in [6.07, 6.45) is 2.54. The second-order valence-corrected chi connectivity index (χ2v) is 5.33. The van der Waals surface area contributed by atoms with Crippen LogP contribution in [-0.4, -0.2) is 57.7 Å². The third-order valence-corrected chi connectivity index (χ3v) is 3.86. The quantitative estimate of drug-likeness (QED) is 0.793. The number of hydrogen-bond donors (Lipinski definition) is 1. The molecule has 7 heteroatoms. The van der Waals surface area contributed by atoms with Crippen molar-refractivity contribution >= 4 is 12.3 Å². The number of carbonyl (C=O) groups is 2. The second kappa shape index (κ2) is 7.71. The Balaban J connectivity index is 2.17. The Morgan fingerprint density at radius 3 is 2.39 bits per heavy atom. The van der Waals surface area contributed by atoms with Crippen LogP contribution in [0.2, 0.25) is 0 Å². The average Bonchev–Trinajstić information content (AvgIpc) is 2.60. The zero-order chi connectivity index (χ0) is 16.8. The van der Waals surface area contributed by atoms with Crippen molar-refractivity contribution in [1.82, 2.24) is 10.2 Å². The number of nitrogens with one attached hydrogen (secondary N) is 1. The lowest BCUT2D eigenvalue weighted by molar-refractivity contribution is -0.119. The fraction of sp³-hybridized carbons (Fsp3) is 0.500. The highest BCUT2D eigenvalue weighted by molar-refractivity contribution is 5.95. The number of hydrogen-bond acceptors (Lipinski definition) is 5. The van der Waals surface area contributed by atoms with Gasteiger partial charge in [0.15, 0.2) is 11.5 Å². The van der Waals surface area contributed by atoms with E-state index in [9.17, 15) is 9.59 Å². The molecule has 0 saturated carbocycles. The lowest BCUT2D eigenvalue weighted by Gasteiger charge is -2.30. The van der Waals surface area contributed by atoms with E-state index in [4.69, 9.17) is 14.2 Å². The molecular formula is C16H22N2O5. The minimum Gasteiger partial charge on any atom is -0.493 e. The van der Waals surface area contributed by atoms with Crippen LogP contribution in [0, 0.1) is 0 Å². The summed E-state index contributed by atoms with van der Waals surface area (Å²) < 4.78 is 15.8. The second-order valence-electron chi connectivity index (χ2n) is 5.33. The molecule has 7 nitrogen and oxygen atoms in total. The Kier molecular flexibility index (Phi) is 5.67. The third-order valence-electron chi connectivity index (χ3n) is 3.86. The number of piperidine rings is 1. The Hall–Kier alpha value is -2.44. The Morgan fingerprint density at radius 1 is 1.22 bits per heavy atom. The van der Waals surface area contributed by atoms with Gasteiger partial charge in [-0.05, 0) is 25.0 Å². The molecule has 1 aliphatic rings. The van der Waals surface area contributed by atoms with E-state index in [0.717, 1.165) is 25.8 Å². The first-order chi connectivity index (χ1) is 11.1. The molecule has 23 heavy (non-hydrogen) atoms. The van der Waals surface area contributed by atoms with E-state index in [-0.39, 0.29) is 11.9 Å². The average molecular weight is 322 g/mol. The lowest BCUT2D eigenvalue weighted by Crippen LogP contribution is -2.47. The van der Waals surface area contributed by atoms with E-state index >= 15 is 0 Å². The normalized spacial score (nSPS) is 17.3. The molecule has 1 heterocycles. The van der Waals surface area contributed by atoms with Crippen LogP contribution in [0.4, 0.5) is 0 Å². The SMILES string of the molecule is COc1cc(C(=O)NC2CCCN(C=O)C2)cc(OC)c1OC. The summed E-state index contributed by atoms with van der Waals surface area (Å²) in [4.78, 5) is 25.0. The lowest BCUT2D eigenvalue weighted by atomic mass is 10.1. The van der Waals surface area contributed by atoms with Gasteiger partial charge in [0.2, 0.25) is 12.2 Å². The standard InChI is InChI=1S/C16H22N2O5/c1-21-13-7-11(8-14(22-2)15(13)23-3)16(20)17-12-5-4-6-18(9-12)10-19/h7-8,10,12H,4-6,9H2,1-3H3,(H,17,20). The minimum atomic E-state index is -0.234. The van der Waals surface area contributed by atoms with Gasteiger partial charge in [0.05, 0.1) is 21.3 Å². The number of rotatable bonds is 6. The molecule has 1 saturated heterocycles. The van der Waals surface area contributed by atoms with Crippen molar-refractivity contribution in [2.75, 3.05) is 34.4 Å². The summed E-state index contributed by atoms with van der Waals surface area (Å²) in [5.41, 5.74) is 0.419. The zero-order valence-electron chi connectivity index (χ0n) is 13.6. The van der Waals surface area contributed by atoms with Crippen LogP contribution in [0.25, 0.3) is 0 Å². The fourth-order valence-electron chi connectivity index (χ4n) is 2.70. The van der Waals surface area contributed by atoms with Crippen molar-refractivity contribution in [3.05, 3.63) is 17.7 Å². The van der Waals surface area contributed by atoms with Gasteiger partial charge in [-0.1, -0.05) is 0 Å². The molecule has 2 rings (SSSR count). The van der Waals surface area contributed by atoms with Crippen molar-refractivity contribution < 1.29 is 23.8 Å². The summed E-state index contributed by atoms with van der Waals surface area (Å²) in [5.74, 6) is 1.06. The molecule has 1 N–H and O–H groups in total. The largest absolute Gasteiger partial charge is 0.493 e. The maximum Gasteiger partial charge on any atom is 0.251 e. The number of nitrogens with zero attached hydrogens (tertiary/aromatic N) is 1. The molecule has 1 atom stereocenters. The summed E-state index contributed by atoms with van der Waals surface area (Å²) >= 11 is 0. The number of ether oxygens (including phenoxy) is 3. The third kappa shape index (κ3) is 3.85. The van der Waals surface area contributed by atoms with Gasteiger partial charge in [0, 0.05) is 24.7 Å². The number of amides is 2. The number of methoxy groups -OCH3 is 3. The topological polar surface area (TPSA) is 77.1 Å². The van der Waals surface area contributed by atoms with Gasteiger partial charge in [-0.25, -0.2) is 0 Å². The molecule has 1 aromatic carbocycles. The molecule has 0 bridgehead atoms. The van der Waals surface area contributed by atoms with E-state index < -0.39 is 0 Å². The molecule has 2 amide bonds. The van der Waals surface area contributed by atoms with Crippen LogP contribution in [0.3, 0.4) is 0 Å². The van der Waals surface area contributed by atoms with Gasteiger partial charge in [-0.15, -0.1) is 0 Å². The molecule has 1 aromatic rings. The Labute approximate surface area is 135 Å². The van der Waals surface area contributed by atoms with Crippen molar-refractivity contribution in [2.45, 2.75) is 18.9 Å². The number of carbonyl (C=O) groups excluding carboxylic acids is 2. The van der Waals surface area contributed by atoms with Crippen molar-refractivity contribution in [2.24, 2.45) is 0 Å². The predicted octanol–water partition coefficient (Wildman–Crippen LogP) is 1.06. The fourth-order valence-corrected chi connectivity index (χ4v) is 2.70. The zero-order valence-corrected chi connectivity index (χ0v) is 13.6. The number of likely N-dealkylation sites (tertiary alicyclic amines) is 1. The minimum absolute atomic E-state index is 0.0551. The molecule has 1 aliphatic heterocycles. The van der Waals surface area contributed by atoms with Crippen LogP contribution in [0.1, 0.15) is 23.2 Å². The first kappa shape index (κ1) is 16.9. The highest BCUT2D eigenvalue weighted by Gasteiger charge is 2.22. The molecule has 0 spiro atoms. The van der Waals surface area contributed by atoms with E-state index in [1.165, 1.54) is 21.3 Å². The smallest absolute Gasteiger partial charge is 0.251 e. The van der Waals surface area contributed by atoms with Crippen LogP contribution in [-0.2, 0) is 4.79 Å². The van der Waals surface area contributed by atoms with Gasteiger partial charge < -0.3 is 24.4 Å². The van der Waals surface area contributed by atoms with Crippen LogP contribution in [0.15, 0.2) is 12.1 Å². The van der Waals surface area contributed by atoms with E-state index in [1.54, 1.807) is 17.0 Å². The van der Waals surface area contributed by atoms with E-state index in [0.29, 0.717) is 29.4 Å². The maximum absolute atomic E-state index is 12.5. The summed E-state index contributed by atoms with van der Waals surface area (Å²) in [6, 6.07) is 3.16. The van der Waals surface area contributed by atoms with Crippen LogP contribution < -0.4 is 19.5 Å². The summed E-state index contributed by atoms with van der Waals surface area (Å²) in [5, 5.41) is 2.95. The first-order valence-corrected chi connectivity index (χ1v) is 7.43. The first-order valence-electron chi connectivity index (χ1n) is 7.43. The van der Waals surface area contributed by atoms with E-state index in [1.807, 2.05) is 0 Å². The monoisotopic (exact) mass is 322 g/mol. The van der Waals surface area contributed by atoms with Crippen LogP contribution >= 0.6 is 0 Å². The maximum atomic E-state index is 12.5. The predicted molar refractivity (Wildman–Crippen MR) is 84.2 cm³/mol. The molecule has 0 radical (unpaired) electrons. The molecule has 0 aliphatic carbocycles. The highest BCUT2D eigenvalue weighted by Crippen LogP contribution is 2.38. The van der Waals surface area contributed by atoms with Crippen molar-refractivity contribution in [1.29, 1.82) is 0 Å². The number of benzene rings is 1. The molecule has 1 fully saturated rings. The molecule has 126 valence electrons. The van der Waals surface area contributed by atoms with E-state index in [2.05, 4.69) is 5.32 Å². The molecule has 1 unspecified atom stereocenters. The van der Waals surface area contributed by atoms with Gasteiger partial charge in [0.25, 0.3) is 5.91 Å². The highest BCUT2D eigenvalue weighted by atomic mass is 16.5. The summed E-state index contributed by atoms with van der Waals surface area (Å²) in [6.45, 7) is 1.26. The summed E-state index contributed by atoms with van der Waals surface area (Å²) in [7, 11) is 4.51.